The van der Waals surface area contributed by atoms with Crippen LogP contribution in [0.2, 0.25) is 5.02 Å². The highest BCUT2D eigenvalue weighted by Crippen LogP contribution is 2.23. The van der Waals surface area contributed by atoms with Crippen LogP contribution in [0.1, 0.15) is 0 Å². The summed E-state index contributed by atoms with van der Waals surface area (Å²) in [6, 6.07) is 10.7. The molecule has 8 heteroatoms. The summed E-state index contributed by atoms with van der Waals surface area (Å²) in [5.41, 5.74) is 1.18. The summed E-state index contributed by atoms with van der Waals surface area (Å²) in [5.74, 6) is -0.917. The number of aromatic amines is 1. The van der Waals surface area contributed by atoms with Gasteiger partial charge in [0.15, 0.2) is 0 Å². The lowest BCUT2D eigenvalue weighted by atomic mass is 10.2. The van der Waals surface area contributed by atoms with Crippen molar-refractivity contribution in [1.82, 2.24) is 14.8 Å². The number of halogens is 2. The maximum Gasteiger partial charge on any atom is 0.276 e. The Bertz CT molecular complexity index is 1210. The molecule has 0 spiro atoms. The maximum absolute atomic E-state index is 13.2. The number of nitrogens with one attached hydrogen (secondary N) is 2. The number of pyridine rings is 1. The van der Waals surface area contributed by atoms with Gasteiger partial charge in [-0.1, -0.05) is 17.7 Å². The van der Waals surface area contributed by atoms with Gasteiger partial charge in [0.25, 0.3) is 5.56 Å². The highest BCUT2D eigenvalue weighted by atomic mass is 35.5. The molecule has 2 N–H and O–H groups in total. The highest BCUT2D eigenvalue weighted by Gasteiger charge is 2.13. The Kier molecular flexibility index (Phi) is 3.93. The quantitative estimate of drug-likeness (QED) is 0.580. The number of rotatable bonds is 3. The molecular weight excluding hydrogens is 359 g/mol. The van der Waals surface area contributed by atoms with Gasteiger partial charge in [0.2, 0.25) is 5.91 Å². The van der Waals surface area contributed by atoms with Gasteiger partial charge in [0.1, 0.15) is 12.4 Å². The average molecular weight is 371 g/mol. The fraction of sp³-hybridized carbons (Fsp3) is 0.0556. The summed E-state index contributed by atoms with van der Waals surface area (Å²) in [5, 5.41) is 7.05. The molecular formula is C18H12ClFN4O2. The van der Waals surface area contributed by atoms with E-state index in [1.807, 2.05) is 0 Å². The fourth-order valence-electron chi connectivity index (χ4n) is 2.80. The first kappa shape index (κ1) is 16.3. The molecule has 0 aliphatic rings. The number of hydrogen-bond donors (Lipinski definition) is 2. The van der Waals surface area contributed by atoms with Crippen LogP contribution >= 0.6 is 11.6 Å². The van der Waals surface area contributed by atoms with Crippen molar-refractivity contribution < 1.29 is 9.18 Å². The number of hydrogen-bond acceptors (Lipinski definition) is 3. The molecule has 0 atom stereocenters. The number of nitrogens with zero attached hydrogens (tertiary/aromatic N) is 2. The Hall–Kier alpha value is -3.19. The molecule has 4 rings (SSSR count). The van der Waals surface area contributed by atoms with Crippen molar-refractivity contribution in [3.05, 3.63) is 69.9 Å². The number of fused-ring (bicyclic) bond motifs is 3. The van der Waals surface area contributed by atoms with Gasteiger partial charge in [-0.05, 0) is 36.4 Å². The number of H-pyrrole nitrogens is 1. The standard InChI is InChI=1S/C18H12ClFN4O2/c19-10-4-5-15-13(6-10)17-14(8-21-15)18(26)24(23-17)9-16(25)22-12-3-1-2-11(20)7-12/h1-8,23H,9H2,(H,22,25). The highest BCUT2D eigenvalue weighted by molar-refractivity contribution is 6.31. The van der Waals surface area contributed by atoms with Crippen LogP contribution in [0.3, 0.4) is 0 Å². The van der Waals surface area contributed by atoms with Gasteiger partial charge in [0, 0.05) is 22.3 Å². The summed E-state index contributed by atoms with van der Waals surface area (Å²) in [6.45, 7) is -0.244. The molecule has 2 aromatic carbocycles. The Balaban J connectivity index is 1.69. The van der Waals surface area contributed by atoms with E-state index in [2.05, 4.69) is 15.4 Å². The third-order valence-electron chi connectivity index (χ3n) is 3.96. The van der Waals surface area contributed by atoms with E-state index >= 15 is 0 Å². The van der Waals surface area contributed by atoms with Gasteiger partial charge >= 0.3 is 0 Å². The van der Waals surface area contributed by atoms with Crippen LogP contribution in [0.5, 0.6) is 0 Å². The van der Waals surface area contributed by atoms with E-state index in [-0.39, 0.29) is 12.1 Å². The van der Waals surface area contributed by atoms with Gasteiger partial charge in [0.05, 0.1) is 16.4 Å². The van der Waals surface area contributed by atoms with E-state index in [4.69, 9.17) is 11.6 Å². The molecule has 130 valence electrons. The first-order valence-corrected chi connectivity index (χ1v) is 8.11. The minimum Gasteiger partial charge on any atom is -0.324 e. The SMILES string of the molecule is O=C(Cn1[nH]c2c(cnc3ccc(Cl)cc32)c1=O)Nc1cccc(F)c1. The summed E-state index contributed by atoms with van der Waals surface area (Å²) < 4.78 is 14.4. The largest absolute Gasteiger partial charge is 0.324 e. The zero-order valence-corrected chi connectivity index (χ0v) is 14.0. The van der Waals surface area contributed by atoms with Crippen molar-refractivity contribution in [3.63, 3.8) is 0 Å². The summed E-state index contributed by atoms with van der Waals surface area (Å²) in [7, 11) is 0. The minimum atomic E-state index is -0.459. The van der Waals surface area contributed by atoms with E-state index < -0.39 is 11.7 Å². The van der Waals surface area contributed by atoms with Crippen molar-refractivity contribution in [2.24, 2.45) is 0 Å². The molecule has 0 saturated heterocycles. The van der Waals surface area contributed by atoms with Crippen LogP contribution < -0.4 is 10.9 Å². The number of benzene rings is 2. The van der Waals surface area contributed by atoms with E-state index in [1.165, 1.54) is 29.1 Å². The Morgan fingerprint density at radius 2 is 2.08 bits per heavy atom. The van der Waals surface area contributed by atoms with Gasteiger partial charge in [-0.15, -0.1) is 0 Å². The average Bonchev–Trinajstić information content (AvgIpc) is 2.91. The van der Waals surface area contributed by atoms with Gasteiger partial charge in [-0.2, -0.15) is 0 Å². The van der Waals surface area contributed by atoms with Gasteiger partial charge in [-0.25, -0.2) is 9.07 Å². The second-order valence-electron chi connectivity index (χ2n) is 5.77. The molecule has 0 aliphatic heterocycles. The number of aromatic nitrogens is 3. The maximum atomic E-state index is 13.2. The van der Waals surface area contributed by atoms with Crippen LogP contribution in [0.15, 0.2) is 53.5 Å². The number of carbonyl (C=O) groups excluding carboxylic acids is 1. The van der Waals surface area contributed by atoms with E-state index in [9.17, 15) is 14.0 Å². The molecule has 1 amide bonds. The lowest BCUT2D eigenvalue weighted by Gasteiger charge is -2.05. The topological polar surface area (TPSA) is 79.8 Å². The van der Waals surface area contributed by atoms with Gasteiger partial charge in [-0.3, -0.25) is 19.7 Å². The fourth-order valence-corrected chi connectivity index (χ4v) is 2.97. The van der Waals surface area contributed by atoms with Crippen molar-refractivity contribution >= 4 is 45.0 Å². The number of amides is 1. The van der Waals surface area contributed by atoms with Crippen LogP contribution in [0.4, 0.5) is 10.1 Å². The van der Waals surface area contributed by atoms with Crippen LogP contribution in [-0.2, 0) is 11.3 Å². The van der Waals surface area contributed by atoms with E-state index in [0.29, 0.717) is 32.5 Å². The molecule has 0 bridgehead atoms. The Morgan fingerprint density at radius 1 is 1.23 bits per heavy atom. The van der Waals surface area contributed by atoms with Crippen LogP contribution in [0.25, 0.3) is 21.8 Å². The molecule has 0 aliphatic carbocycles. The summed E-state index contributed by atoms with van der Waals surface area (Å²) in [4.78, 5) is 29.0. The smallest absolute Gasteiger partial charge is 0.276 e. The Morgan fingerprint density at radius 3 is 2.88 bits per heavy atom. The number of anilines is 1. The third kappa shape index (κ3) is 2.93. The Labute approximate surface area is 151 Å². The normalized spacial score (nSPS) is 11.2. The molecule has 26 heavy (non-hydrogen) atoms. The second-order valence-corrected chi connectivity index (χ2v) is 6.21. The lowest BCUT2D eigenvalue weighted by Crippen LogP contribution is -2.26. The second kappa shape index (κ2) is 6.27. The molecule has 0 radical (unpaired) electrons. The van der Waals surface area contributed by atoms with Crippen molar-refractivity contribution in [1.29, 1.82) is 0 Å². The summed E-state index contributed by atoms with van der Waals surface area (Å²) in [6.07, 6.45) is 1.46. The zero-order chi connectivity index (χ0) is 18.3. The molecule has 4 aromatic rings. The minimum absolute atomic E-state index is 0.244. The van der Waals surface area contributed by atoms with Crippen molar-refractivity contribution in [3.8, 4) is 0 Å². The molecule has 2 aromatic heterocycles. The monoisotopic (exact) mass is 370 g/mol. The van der Waals surface area contributed by atoms with Crippen LogP contribution in [0, 0.1) is 5.82 Å². The molecule has 0 fully saturated rings. The zero-order valence-electron chi connectivity index (χ0n) is 13.3. The van der Waals surface area contributed by atoms with Gasteiger partial charge < -0.3 is 5.32 Å². The van der Waals surface area contributed by atoms with Crippen molar-refractivity contribution in [2.45, 2.75) is 6.54 Å². The predicted molar refractivity (Wildman–Crippen MR) is 97.9 cm³/mol. The summed E-state index contributed by atoms with van der Waals surface area (Å²) >= 11 is 6.03. The molecule has 2 heterocycles. The molecule has 0 saturated carbocycles. The number of carbonyl (C=O) groups is 1. The van der Waals surface area contributed by atoms with E-state index in [0.717, 1.165) is 0 Å². The van der Waals surface area contributed by atoms with Crippen LogP contribution in [-0.4, -0.2) is 20.7 Å². The van der Waals surface area contributed by atoms with Crippen molar-refractivity contribution in [2.75, 3.05) is 5.32 Å². The molecule has 0 unspecified atom stereocenters. The van der Waals surface area contributed by atoms with E-state index in [1.54, 1.807) is 24.3 Å². The molecule has 6 nitrogen and oxygen atoms in total. The third-order valence-corrected chi connectivity index (χ3v) is 4.20. The predicted octanol–water partition coefficient (Wildman–Crippen LogP) is 3.31. The first-order valence-electron chi connectivity index (χ1n) is 7.73. The lowest BCUT2D eigenvalue weighted by molar-refractivity contribution is -0.116. The first-order chi connectivity index (χ1) is 12.5.